The van der Waals surface area contributed by atoms with Gasteiger partial charge in [-0.2, -0.15) is 5.10 Å². The molecule has 3 heteroatoms. The van der Waals surface area contributed by atoms with Gasteiger partial charge in [-0.15, -0.1) is 0 Å². The minimum Gasteiger partial charge on any atom is -0.233 e. The highest BCUT2D eigenvalue weighted by Gasteiger charge is 2.23. The molecule has 0 radical (unpaired) electrons. The summed E-state index contributed by atoms with van der Waals surface area (Å²) in [6.45, 7) is 4.37. The Balaban J connectivity index is 1.97. The number of nitrogens with zero attached hydrogens (tertiary/aromatic N) is 3. The van der Waals surface area contributed by atoms with E-state index in [0.29, 0.717) is 0 Å². The topological polar surface area (TPSA) is 30.7 Å². The molecule has 2 aromatic heterocycles. The van der Waals surface area contributed by atoms with Crippen LogP contribution in [0.15, 0.2) is 30.3 Å². The molecule has 1 aromatic carbocycles. The van der Waals surface area contributed by atoms with Crippen LogP contribution in [0.3, 0.4) is 0 Å². The number of fused-ring (bicyclic) bond motifs is 3. The van der Waals surface area contributed by atoms with Gasteiger partial charge in [-0.25, -0.2) is 9.67 Å². The van der Waals surface area contributed by atoms with Gasteiger partial charge >= 0.3 is 0 Å². The first-order valence-electron chi connectivity index (χ1n) is 8.75. The van der Waals surface area contributed by atoms with Crippen LogP contribution >= 0.6 is 0 Å². The van der Waals surface area contributed by atoms with Gasteiger partial charge in [0.2, 0.25) is 0 Å². The number of aromatic nitrogens is 3. The molecule has 0 aliphatic heterocycles. The molecule has 0 fully saturated rings. The molecule has 1 aliphatic carbocycles. The van der Waals surface area contributed by atoms with E-state index in [1.807, 2.05) is 10.7 Å². The Morgan fingerprint density at radius 2 is 1.87 bits per heavy atom. The number of pyridine rings is 1. The van der Waals surface area contributed by atoms with Gasteiger partial charge in [-0.1, -0.05) is 31.5 Å². The van der Waals surface area contributed by atoms with Gasteiger partial charge in [0.15, 0.2) is 5.65 Å². The third-order valence-corrected chi connectivity index (χ3v) is 4.91. The molecule has 118 valence electrons. The van der Waals surface area contributed by atoms with E-state index in [0.717, 1.165) is 23.4 Å². The number of unbranched alkanes of at least 4 members (excludes halogenated alkanes) is 1. The van der Waals surface area contributed by atoms with Gasteiger partial charge < -0.3 is 0 Å². The monoisotopic (exact) mass is 305 g/mol. The summed E-state index contributed by atoms with van der Waals surface area (Å²) in [4.78, 5) is 5.08. The lowest BCUT2D eigenvalue weighted by Crippen LogP contribution is -2.03. The summed E-state index contributed by atoms with van der Waals surface area (Å²) >= 11 is 0. The van der Waals surface area contributed by atoms with E-state index in [1.165, 1.54) is 54.3 Å². The Morgan fingerprint density at radius 3 is 2.65 bits per heavy atom. The summed E-state index contributed by atoms with van der Waals surface area (Å²) in [5, 5.41) is 6.11. The first-order chi connectivity index (χ1) is 11.3. The summed E-state index contributed by atoms with van der Waals surface area (Å²) in [6.07, 6.45) is 7.13. The molecular weight excluding hydrogens is 282 g/mol. The van der Waals surface area contributed by atoms with E-state index in [4.69, 9.17) is 10.1 Å². The van der Waals surface area contributed by atoms with Crippen molar-refractivity contribution in [1.82, 2.24) is 14.8 Å². The van der Waals surface area contributed by atoms with E-state index in [-0.39, 0.29) is 0 Å². The molecule has 0 atom stereocenters. The Kier molecular flexibility index (Phi) is 3.64. The van der Waals surface area contributed by atoms with Gasteiger partial charge in [0.05, 0.1) is 11.4 Å². The number of benzene rings is 1. The van der Waals surface area contributed by atoms with Gasteiger partial charge in [0.1, 0.15) is 0 Å². The van der Waals surface area contributed by atoms with Crippen molar-refractivity contribution >= 4 is 11.0 Å². The fourth-order valence-electron chi connectivity index (χ4n) is 3.81. The highest BCUT2D eigenvalue weighted by molar-refractivity contribution is 5.85. The third kappa shape index (κ3) is 2.35. The van der Waals surface area contributed by atoms with Gasteiger partial charge in [0.25, 0.3) is 0 Å². The lowest BCUT2D eigenvalue weighted by atomic mass is 10.0. The van der Waals surface area contributed by atoms with Crippen molar-refractivity contribution in [3.8, 4) is 5.69 Å². The maximum Gasteiger partial charge on any atom is 0.163 e. The van der Waals surface area contributed by atoms with E-state index in [9.17, 15) is 0 Å². The molecule has 4 rings (SSSR count). The fourth-order valence-corrected chi connectivity index (χ4v) is 3.81. The maximum absolute atomic E-state index is 5.08. The predicted octanol–water partition coefficient (Wildman–Crippen LogP) is 4.56. The second-order valence-electron chi connectivity index (χ2n) is 6.50. The SMILES string of the molecule is CCCCc1nc2c(c(C)nn2-c2ccccc2)c2c1CCC2. The summed E-state index contributed by atoms with van der Waals surface area (Å²) in [6, 6.07) is 10.4. The van der Waals surface area contributed by atoms with Crippen molar-refractivity contribution in [1.29, 1.82) is 0 Å². The molecule has 0 amide bonds. The van der Waals surface area contributed by atoms with Crippen molar-refractivity contribution in [2.75, 3.05) is 0 Å². The molecule has 0 N–H and O–H groups in total. The van der Waals surface area contributed by atoms with Crippen LogP contribution in [0, 0.1) is 6.92 Å². The first-order valence-corrected chi connectivity index (χ1v) is 8.75. The molecular formula is C20H23N3. The van der Waals surface area contributed by atoms with Crippen molar-refractivity contribution in [2.24, 2.45) is 0 Å². The average Bonchev–Trinajstić information content (AvgIpc) is 3.18. The Labute approximate surface area is 137 Å². The lowest BCUT2D eigenvalue weighted by Gasteiger charge is -2.10. The summed E-state index contributed by atoms with van der Waals surface area (Å²) < 4.78 is 2.03. The zero-order valence-corrected chi connectivity index (χ0v) is 14.0. The molecule has 0 spiro atoms. The van der Waals surface area contributed by atoms with Crippen LogP contribution in [0.2, 0.25) is 0 Å². The summed E-state index contributed by atoms with van der Waals surface area (Å²) in [5.41, 5.74) is 7.58. The van der Waals surface area contributed by atoms with Crippen molar-refractivity contribution < 1.29 is 0 Å². The standard InChI is InChI=1S/C20H23N3/c1-3-4-13-18-16-11-8-12-17(16)19-14(2)22-23(20(19)21-18)15-9-6-5-7-10-15/h5-7,9-10H,3-4,8,11-13H2,1-2H3. The van der Waals surface area contributed by atoms with E-state index in [2.05, 4.69) is 38.1 Å². The fraction of sp³-hybridized carbons (Fsp3) is 0.400. The summed E-state index contributed by atoms with van der Waals surface area (Å²) in [7, 11) is 0. The Hall–Kier alpha value is -2.16. The van der Waals surface area contributed by atoms with Crippen LogP contribution in [-0.4, -0.2) is 14.8 Å². The molecule has 23 heavy (non-hydrogen) atoms. The van der Waals surface area contributed by atoms with Gasteiger partial charge in [-0.05, 0) is 62.3 Å². The quantitative estimate of drug-likeness (QED) is 0.707. The zero-order chi connectivity index (χ0) is 15.8. The largest absolute Gasteiger partial charge is 0.233 e. The second kappa shape index (κ2) is 5.80. The predicted molar refractivity (Wildman–Crippen MR) is 94.2 cm³/mol. The molecule has 0 unspecified atom stereocenters. The molecule has 0 saturated carbocycles. The second-order valence-corrected chi connectivity index (χ2v) is 6.50. The number of hydrogen-bond donors (Lipinski definition) is 0. The minimum atomic E-state index is 1.04. The molecule has 0 bridgehead atoms. The minimum absolute atomic E-state index is 1.04. The maximum atomic E-state index is 5.08. The van der Waals surface area contributed by atoms with E-state index in [1.54, 1.807) is 0 Å². The molecule has 3 aromatic rings. The smallest absolute Gasteiger partial charge is 0.163 e. The van der Waals surface area contributed by atoms with Crippen LogP contribution < -0.4 is 0 Å². The van der Waals surface area contributed by atoms with Crippen LogP contribution in [0.1, 0.15) is 48.7 Å². The van der Waals surface area contributed by atoms with Crippen LogP contribution in [0.4, 0.5) is 0 Å². The molecule has 2 heterocycles. The Bertz CT molecular complexity index is 846. The third-order valence-electron chi connectivity index (χ3n) is 4.91. The number of aryl methyl sites for hydroxylation is 3. The highest BCUT2D eigenvalue weighted by Crippen LogP contribution is 2.34. The van der Waals surface area contributed by atoms with Gasteiger partial charge in [-0.3, -0.25) is 0 Å². The molecule has 3 nitrogen and oxygen atoms in total. The van der Waals surface area contributed by atoms with E-state index < -0.39 is 0 Å². The van der Waals surface area contributed by atoms with Crippen molar-refractivity contribution in [2.45, 2.75) is 52.4 Å². The normalized spacial score (nSPS) is 13.7. The lowest BCUT2D eigenvalue weighted by molar-refractivity contribution is 0.765. The van der Waals surface area contributed by atoms with Crippen molar-refractivity contribution in [3.63, 3.8) is 0 Å². The number of para-hydroxylation sites is 1. The highest BCUT2D eigenvalue weighted by atomic mass is 15.3. The molecule has 0 saturated heterocycles. The van der Waals surface area contributed by atoms with Crippen LogP contribution in [0.25, 0.3) is 16.7 Å². The first kappa shape index (κ1) is 14.4. The Morgan fingerprint density at radius 1 is 1.09 bits per heavy atom. The van der Waals surface area contributed by atoms with Gasteiger partial charge in [0, 0.05) is 11.1 Å². The van der Waals surface area contributed by atoms with Crippen LogP contribution in [0.5, 0.6) is 0 Å². The summed E-state index contributed by atoms with van der Waals surface area (Å²) in [5.74, 6) is 0. The van der Waals surface area contributed by atoms with Crippen molar-refractivity contribution in [3.05, 3.63) is 52.8 Å². The number of rotatable bonds is 4. The molecule has 1 aliphatic rings. The number of hydrogen-bond acceptors (Lipinski definition) is 2. The zero-order valence-electron chi connectivity index (χ0n) is 14.0. The van der Waals surface area contributed by atoms with E-state index >= 15 is 0 Å². The van der Waals surface area contributed by atoms with Crippen LogP contribution in [-0.2, 0) is 19.3 Å². The average molecular weight is 305 g/mol.